The molecule has 21 heavy (non-hydrogen) atoms. The van der Waals surface area contributed by atoms with Crippen LogP contribution in [0.3, 0.4) is 0 Å². The summed E-state index contributed by atoms with van der Waals surface area (Å²) in [6.45, 7) is 9.62. The lowest BCUT2D eigenvalue weighted by molar-refractivity contribution is 0.411. The molecule has 2 aromatic rings. The molecule has 0 amide bonds. The molecular formula is C19H25NO. The van der Waals surface area contributed by atoms with Crippen LogP contribution in [0.25, 0.3) is 0 Å². The van der Waals surface area contributed by atoms with Gasteiger partial charge in [-0.1, -0.05) is 51.1 Å². The summed E-state index contributed by atoms with van der Waals surface area (Å²) >= 11 is 0. The number of rotatable bonds is 4. The first-order valence-electron chi connectivity index (χ1n) is 7.38. The van der Waals surface area contributed by atoms with Gasteiger partial charge in [0, 0.05) is 12.2 Å². The van der Waals surface area contributed by atoms with Crippen LogP contribution in [0.2, 0.25) is 0 Å². The SMILES string of the molecule is COc1ccc(CNc2ccccc2C(C)(C)C)cc1C. The van der Waals surface area contributed by atoms with E-state index in [0.29, 0.717) is 0 Å². The fraction of sp³-hybridized carbons (Fsp3) is 0.368. The zero-order chi connectivity index (χ0) is 15.5. The van der Waals surface area contributed by atoms with Gasteiger partial charge >= 0.3 is 0 Å². The molecule has 0 bridgehead atoms. The highest BCUT2D eigenvalue weighted by Gasteiger charge is 2.17. The van der Waals surface area contributed by atoms with Gasteiger partial charge in [0.15, 0.2) is 0 Å². The van der Waals surface area contributed by atoms with Gasteiger partial charge in [-0.2, -0.15) is 0 Å². The molecule has 0 fully saturated rings. The molecule has 0 aliphatic heterocycles. The molecule has 2 rings (SSSR count). The highest BCUT2D eigenvalue weighted by Crippen LogP contribution is 2.29. The van der Waals surface area contributed by atoms with E-state index in [0.717, 1.165) is 12.3 Å². The normalized spacial score (nSPS) is 11.3. The second kappa shape index (κ2) is 6.21. The predicted molar refractivity (Wildman–Crippen MR) is 90.2 cm³/mol. The molecule has 0 aliphatic carbocycles. The maximum atomic E-state index is 5.31. The maximum Gasteiger partial charge on any atom is 0.121 e. The molecular weight excluding hydrogens is 258 g/mol. The van der Waals surface area contributed by atoms with Crippen LogP contribution >= 0.6 is 0 Å². The van der Waals surface area contributed by atoms with Crippen LogP contribution in [0.5, 0.6) is 5.75 Å². The van der Waals surface area contributed by atoms with E-state index in [2.05, 4.69) is 69.4 Å². The first kappa shape index (κ1) is 15.4. The van der Waals surface area contributed by atoms with Gasteiger partial charge in [0.1, 0.15) is 5.75 Å². The summed E-state index contributed by atoms with van der Waals surface area (Å²) in [7, 11) is 1.71. The molecule has 0 radical (unpaired) electrons. The molecule has 1 N–H and O–H groups in total. The van der Waals surface area contributed by atoms with Crippen molar-refractivity contribution in [3.05, 3.63) is 59.2 Å². The second-order valence-electron chi connectivity index (χ2n) is 6.45. The van der Waals surface area contributed by atoms with Gasteiger partial charge in [0.2, 0.25) is 0 Å². The molecule has 0 saturated heterocycles. The van der Waals surface area contributed by atoms with Gasteiger partial charge in [-0.15, -0.1) is 0 Å². The van der Waals surface area contributed by atoms with E-state index in [1.165, 1.54) is 22.4 Å². The van der Waals surface area contributed by atoms with Crippen molar-refractivity contribution in [3.8, 4) is 5.75 Å². The summed E-state index contributed by atoms with van der Waals surface area (Å²) < 4.78 is 5.31. The van der Waals surface area contributed by atoms with E-state index < -0.39 is 0 Å². The summed E-state index contributed by atoms with van der Waals surface area (Å²) in [5.74, 6) is 0.939. The Bertz CT molecular complexity index is 611. The van der Waals surface area contributed by atoms with E-state index >= 15 is 0 Å². The first-order chi connectivity index (χ1) is 9.91. The van der Waals surface area contributed by atoms with E-state index in [9.17, 15) is 0 Å². The van der Waals surface area contributed by atoms with Gasteiger partial charge in [-0.3, -0.25) is 0 Å². The number of aryl methyl sites for hydroxylation is 1. The average Bonchev–Trinajstić information content (AvgIpc) is 2.44. The number of anilines is 1. The minimum atomic E-state index is 0.138. The van der Waals surface area contributed by atoms with Crippen molar-refractivity contribution in [2.75, 3.05) is 12.4 Å². The zero-order valence-electron chi connectivity index (χ0n) is 13.7. The number of para-hydroxylation sites is 1. The molecule has 0 heterocycles. The van der Waals surface area contributed by atoms with E-state index in [1.807, 2.05) is 6.07 Å². The highest BCUT2D eigenvalue weighted by molar-refractivity contribution is 5.54. The van der Waals surface area contributed by atoms with Crippen molar-refractivity contribution in [2.24, 2.45) is 0 Å². The standard InChI is InChI=1S/C19H25NO/c1-14-12-15(10-11-18(14)21-5)13-20-17-9-7-6-8-16(17)19(2,3)4/h6-12,20H,13H2,1-5H3. The van der Waals surface area contributed by atoms with E-state index in [1.54, 1.807) is 7.11 Å². The number of benzene rings is 2. The van der Waals surface area contributed by atoms with Crippen molar-refractivity contribution in [1.29, 1.82) is 0 Å². The Balaban J connectivity index is 2.15. The van der Waals surface area contributed by atoms with Crippen LogP contribution in [-0.4, -0.2) is 7.11 Å². The van der Waals surface area contributed by atoms with Crippen molar-refractivity contribution in [2.45, 2.75) is 39.7 Å². The highest BCUT2D eigenvalue weighted by atomic mass is 16.5. The number of hydrogen-bond donors (Lipinski definition) is 1. The maximum absolute atomic E-state index is 5.31. The minimum absolute atomic E-state index is 0.138. The van der Waals surface area contributed by atoms with Crippen molar-refractivity contribution >= 4 is 5.69 Å². The Morgan fingerprint density at radius 2 is 1.76 bits per heavy atom. The molecule has 0 unspecified atom stereocenters. The summed E-state index contributed by atoms with van der Waals surface area (Å²) in [5.41, 5.74) is 5.12. The lowest BCUT2D eigenvalue weighted by Crippen LogP contribution is -2.14. The topological polar surface area (TPSA) is 21.3 Å². The largest absolute Gasteiger partial charge is 0.496 e. The van der Waals surface area contributed by atoms with Crippen LogP contribution in [0, 0.1) is 6.92 Å². The molecule has 0 aliphatic rings. The summed E-state index contributed by atoms with van der Waals surface area (Å²) in [6.07, 6.45) is 0. The monoisotopic (exact) mass is 283 g/mol. The minimum Gasteiger partial charge on any atom is -0.496 e. The predicted octanol–water partition coefficient (Wildman–Crippen LogP) is 4.91. The molecule has 2 aromatic carbocycles. The summed E-state index contributed by atoms with van der Waals surface area (Å²) in [5, 5.41) is 3.56. The third kappa shape index (κ3) is 3.78. The van der Waals surface area contributed by atoms with Crippen molar-refractivity contribution < 1.29 is 4.74 Å². The van der Waals surface area contributed by atoms with Gasteiger partial charge in [-0.25, -0.2) is 0 Å². The van der Waals surface area contributed by atoms with Crippen LogP contribution in [0.15, 0.2) is 42.5 Å². The van der Waals surface area contributed by atoms with Crippen LogP contribution in [0.4, 0.5) is 5.69 Å². The van der Waals surface area contributed by atoms with Gasteiger partial charge in [-0.05, 0) is 41.2 Å². The molecule has 0 atom stereocenters. The van der Waals surface area contributed by atoms with Gasteiger partial charge < -0.3 is 10.1 Å². The average molecular weight is 283 g/mol. The number of hydrogen-bond acceptors (Lipinski definition) is 2. The van der Waals surface area contributed by atoms with E-state index in [-0.39, 0.29) is 5.41 Å². The number of nitrogens with one attached hydrogen (secondary N) is 1. The third-order valence-corrected chi connectivity index (χ3v) is 3.68. The number of ether oxygens (including phenoxy) is 1. The second-order valence-corrected chi connectivity index (χ2v) is 6.45. The van der Waals surface area contributed by atoms with Crippen LogP contribution < -0.4 is 10.1 Å². The molecule has 2 heteroatoms. The van der Waals surface area contributed by atoms with Crippen molar-refractivity contribution in [1.82, 2.24) is 0 Å². The Morgan fingerprint density at radius 3 is 2.38 bits per heavy atom. The van der Waals surface area contributed by atoms with Crippen LogP contribution in [-0.2, 0) is 12.0 Å². The lowest BCUT2D eigenvalue weighted by atomic mass is 9.86. The molecule has 112 valence electrons. The third-order valence-electron chi connectivity index (χ3n) is 3.68. The molecule has 2 nitrogen and oxygen atoms in total. The zero-order valence-corrected chi connectivity index (χ0v) is 13.7. The Labute approximate surface area is 128 Å². The first-order valence-corrected chi connectivity index (χ1v) is 7.38. The fourth-order valence-electron chi connectivity index (χ4n) is 2.54. The fourth-order valence-corrected chi connectivity index (χ4v) is 2.54. The summed E-state index contributed by atoms with van der Waals surface area (Å²) in [4.78, 5) is 0. The van der Waals surface area contributed by atoms with Gasteiger partial charge in [0.05, 0.1) is 7.11 Å². The van der Waals surface area contributed by atoms with Gasteiger partial charge in [0.25, 0.3) is 0 Å². The Kier molecular flexibility index (Phi) is 4.56. The van der Waals surface area contributed by atoms with Crippen molar-refractivity contribution in [3.63, 3.8) is 0 Å². The van der Waals surface area contributed by atoms with Crippen LogP contribution in [0.1, 0.15) is 37.5 Å². The molecule has 0 saturated carbocycles. The Hall–Kier alpha value is -1.96. The smallest absolute Gasteiger partial charge is 0.121 e. The van der Waals surface area contributed by atoms with E-state index in [4.69, 9.17) is 4.74 Å². The molecule has 0 spiro atoms. The summed E-state index contributed by atoms with van der Waals surface area (Å²) in [6, 6.07) is 14.8. The number of methoxy groups -OCH3 is 1. The quantitative estimate of drug-likeness (QED) is 0.860. The lowest BCUT2D eigenvalue weighted by Gasteiger charge is -2.23. The molecule has 0 aromatic heterocycles. The Morgan fingerprint density at radius 1 is 1.05 bits per heavy atom.